The van der Waals surface area contributed by atoms with E-state index in [1.54, 1.807) is 0 Å². The molecule has 0 atom stereocenters. The van der Waals surface area contributed by atoms with Crippen LogP contribution in [0.5, 0.6) is 0 Å². The first-order valence-corrected chi connectivity index (χ1v) is 8.72. The number of rotatable bonds is 7. The molecule has 5 nitrogen and oxygen atoms in total. The molecule has 1 saturated heterocycles. The lowest BCUT2D eigenvalue weighted by molar-refractivity contribution is 0.232. The van der Waals surface area contributed by atoms with Gasteiger partial charge in [0.25, 0.3) is 0 Å². The molecule has 1 heterocycles. The number of likely N-dealkylation sites (N-methyl/N-ethyl adjacent to an activating group) is 1. The number of nitrogens with zero attached hydrogens (tertiary/aromatic N) is 3. The summed E-state index contributed by atoms with van der Waals surface area (Å²) in [5.41, 5.74) is 1.24. The number of benzene rings is 1. The van der Waals surface area contributed by atoms with Crippen LogP contribution in [-0.2, 0) is 0 Å². The molecule has 2 N–H and O–H groups in total. The summed E-state index contributed by atoms with van der Waals surface area (Å²) < 4.78 is 0. The highest BCUT2D eigenvalue weighted by Crippen LogP contribution is 2.09. The van der Waals surface area contributed by atoms with Gasteiger partial charge in [-0.2, -0.15) is 0 Å². The van der Waals surface area contributed by atoms with Gasteiger partial charge in [-0.05, 0) is 38.1 Å². The van der Waals surface area contributed by atoms with Crippen LogP contribution in [0, 0.1) is 0 Å². The number of anilines is 1. The number of hydrogen-bond acceptors (Lipinski definition) is 3. The number of aliphatic imine (C=N–C) groups is 1. The maximum atomic E-state index is 4.30. The van der Waals surface area contributed by atoms with Crippen LogP contribution < -0.4 is 15.5 Å². The number of hydrogen-bond donors (Lipinski definition) is 2. The van der Waals surface area contributed by atoms with E-state index in [-0.39, 0.29) is 0 Å². The molecular weight excluding hydrogens is 286 g/mol. The first kappa shape index (κ1) is 17.6. The Kier molecular flexibility index (Phi) is 7.73. The highest BCUT2D eigenvalue weighted by atomic mass is 15.2. The van der Waals surface area contributed by atoms with Gasteiger partial charge in [0, 0.05) is 46.0 Å². The summed E-state index contributed by atoms with van der Waals surface area (Å²) in [6, 6.07) is 10.4. The van der Waals surface area contributed by atoms with E-state index in [2.05, 4.69) is 56.7 Å². The lowest BCUT2D eigenvalue weighted by Gasteiger charge is -2.26. The van der Waals surface area contributed by atoms with Crippen molar-refractivity contribution in [2.45, 2.75) is 19.3 Å². The monoisotopic (exact) mass is 317 g/mol. The minimum atomic E-state index is 0.870. The Morgan fingerprint density at radius 1 is 1.09 bits per heavy atom. The van der Waals surface area contributed by atoms with Crippen LogP contribution >= 0.6 is 0 Å². The number of piperidine rings is 1. The second-order valence-corrected chi connectivity index (χ2v) is 6.09. The first-order chi connectivity index (χ1) is 11.3. The maximum Gasteiger partial charge on any atom is 0.191 e. The molecule has 0 aromatic heterocycles. The van der Waals surface area contributed by atoms with E-state index in [1.807, 2.05) is 13.1 Å². The standard InChI is InChI=1S/C18H31N5/c1-19-18(21-12-16-23-13-7-4-8-14-23)20-11-15-22(2)17-9-5-3-6-10-17/h3,5-6,9-10H,4,7-8,11-16H2,1-2H3,(H2,19,20,21). The molecule has 2 rings (SSSR count). The van der Waals surface area contributed by atoms with Gasteiger partial charge in [0.15, 0.2) is 5.96 Å². The van der Waals surface area contributed by atoms with Crippen molar-refractivity contribution in [1.29, 1.82) is 0 Å². The van der Waals surface area contributed by atoms with Crippen LogP contribution in [0.4, 0.5) is 5.69 Å². The molecule has 1 aromatic rings. The molecule has 1 aliphatic rings. The summed E-state index contributed by atoms with van der Waals surface area (Å²) in [6.07, 6.45) is 4.08. The summed E-state index contributed by atoms with van der Waals surface area (Å²) in [4.78, 5) is 9.08. The molecule has 128 valence electrons. The highest BCUT2D eigenvalue weighted by molar-refractivity contribution is 5.79. The zero-order chi connectivity index (χ0) is 16.3. The van der Waals surface area contributed by atoms with E-state index in [1.165, 1.54) is 38.0 Å². The average Bonchev–Trinajstić information content (AvgIpc) is 2.62. The third-order valence-electron chi connectivity index (χ3n) is 4.33. The predicted octanol–water partition coefficient (Wildman–Crippen LogP) is 1.77. The third-order valence-corrected chi connectivity index (χ3v) is 4.33. The van der Waals surface area contributed by atoms with Crippen LogP contribution in [0.3, 0.4) is 0 Å². The van der Waals surface area contributed by atoms with Crippen LogP contribution in [0.25, 0.3) is 0 Å². The zero-order valence-electron chi connectivity index (χ0n) is 14.6. The Balaban J connectivity index is 1.61. The van der Waals surface area contributed by atoms with Crippen molar-refractivity contribution in [2.24, 2.45) is 4.99 Å². The molecule has 0 saturated carbocycles. The Morgan fingerprint density at radius 3 is 2.48 bits per heavy atom. The Bertz CT molecular complexity index is 454. The number of para-hydroxylation sites is 1. The van der Waals surface area contributed by atoms with E-state index in [0.29, 0.717) is 0 Å². The Morgan fingerprint density at radius 2 is 1.78 bits per heavy atom. The average molecular weight is 317 g/mol. The molecule has 0 aliphatic carbocycles. The number of likely N-dealkylation sites (tertiary alicyclic amines) is 1. The summed E-state index contributed by atoms with van der Waals surface area (Å²) >= 11 is 0. The van der Waals surface area contributed by atoms with Crippen LogP contribution in [0.15, 0.2) is 35.3 Å². The van der Waals surface area contributed by atoms with Crippen molar-refractivity contribution in [3.63, 3.8) is 0 Å². The minimum absolute atomic E-state index is 0.870. The fourth-order valence-corrected chi connectivity index (χ4v) is 2.89. The minimum Gasteiger partial charge on any atom is -0.373 e. The van der Waals surface area contributed by atoms with Crippen molar-refractivity contribution in [2.75, 3.05) is 58.3 Å². The highest BCUT2D eigenvalue weighted by Gasteiger charge is 2.09. The molecule has 0 radical (unpaired) electrons. The van der Waals surface area contributed by atoms with Gasteiger partial charge < -0.3 is 20.4 Å². The van der Waals surface area contributed by atoms with Gasteiger partial charge in [0.05, 0.1) is 0 Å². The summed E-state index contributed by atoms with van der Waals surface area (Å²) in [5, 5.41) is 6.80. The van der Waals surface area contributed by atoms with Crippen LogP contribution in [-0.4, -0.2) is 64.2 Å². The summed E-state index contributed by atoms with van der Waals surface area (Å²) in [6.45, 7) is 6.36. The molecule has 1 aliphatic heterocycles. The molecular formula is C18H31N5. The van der Waals surface area contributed by atoms with Crippen molar-refractivity contribution in [3.05, 3.63) is 30.3 Å². The largest absolute Gasteiger partial charge is 0.373 e. The van der Waals surface area contributed by atoms with Crippen molar-refractivity contribution < 1.29 is 0 Å². The second-order valence-electron chi connectivity index (χ2n) is 6.09. The van der Waals surface area contributed by atoms with Gasteiger partial charge in [-0.3, -0.25) is 4.99 Å². The SMILES string of the molecule is CN=C(NCCN1CCCCC1)NCCN(C)c1ccccc1. The van der Waals surface area contributed by atoms with Gasteiger partial charge in [-0.15, -0.1) is 0 Å². The maximum absolute atomic E-state index is 4.30. The molecule has 23 heavy (non-hydrogen) atoms. The first-order valence-electron chi connectivity index (χ1n) is 8.72. The van der Waals surface area contributed by atoms with Gasteiger partial charge in [0.1, 0.15) is 0 Å². The molecule has 1 aromatic carbocycles. The fraction of sp³-hybridized carbons (Fsp3) is 0.611. The zero-order valence-corrected chi connectivity index (χ0v) is 14.6. The fourth-order valence-electron chi connectivity index (χ4n) is 2.89. The smallest absolute Gasteiger partial charge is 0.191 e. The molecule has 1 fully saturated rings. The predicted molar refractivity (Wildman–Crippen MR) is 99.4 cm³/mol. The second kappa shape index (κ2) is 10.1. The van der Waals surface area contributed by atoms with E-state index in [4.69, 9.17) is 0 Å². The van der Waals surface area contributed by atoms with Crippen molar-refractivity contribution >= 4 is 11.6 Å². The van der Waals surface area contributed by atoms with Crippen molar-refractivity contribution in [1.82, 2.24) is 15.5 Å². The normalized spacial score (nSPS) is 16.2. The number of guanidine groups is 1. The quantitative estimate of drug-likeness (QED) is 0.594. The van der Waals surface area contributed by atoms with Gasteiger partial charge in [-0.1, -0.05) is 24.6 Å². The lowest BCUT2D eigenvalue weighted by atomic mass is 10.1. The Labute approximate surface area is 140 Å². The third kappa shape index (κ3) is 6.48. The molecule has 0 unspecified atom stereocenters. The Hall–Kier alpha value is -1.75. The van der Waals surface area contributed by atoms with E-state index >= 15 is 0 Å². The lowest BCUT2D eigenvalue weighted by Crippen LogP contribution is -2.44. The number of nitrogens with one attached hydrogen (secondary N) is 2. The summed E-state index contributed by atoms with van der Waals surface area (Å²) in [7, 11) is 3.95. The van der Waals surface area contributed by atoms with Gasteiger partial charge in [0.2, 0.25) is 0 Å². The topological polar surface area (TPSA) is 42.9 Å². The molecule has 0 bridgehead atoms. The van der Waals surface area contributed by atoms with Crippen LogP contribution in [0.2, 0.25) is 0 Å². The van der Waals surface area contributed by atoms with Gasteiger partial charge >= 0.3 is 0 Å². The van der Waals surface area contributed by atoms with E-state index in [9.17, 15) is 0 Å². The van der Waals surface area contributed by atoms with Crippen LogP contribution in [0.1, 0.15) is 19.3 Å². The molecule has 0 spiro atoms. The molecule has 0 amide bonds. The van der Waals surface area contributed by atoms with E-state index in [0.717, 1.165) is 32.1 Å². The van der Waals surface area contributed by atoms with Gasteiger partial charge in [-0.25, -0.2) is 0 Å². The summed E-state index contributed by atoms with van der Waals surface area (Å²) in [5.74, 6) is 0.892. The van der Waals surface area contributed by atoms with E-state index < -0.39 is 0 Å². The molecule has 5 heteroatoms. The van der Waals surface area contributed by atoms with Crippen molar-refractivity contribution in [3.8, 4) is 0 Å².